The third-order valence-electron chi connectivity index (χ3n) is 2.81. The van der Waals surface area contributed by atoms with Crippen LogP contribution in [0, 0.1) is 5.82 Å². The molecule has 0 aliphatic carbocycles. The molecule has 1 aromatic carbocycles. The van der Waals surface area contributed by atoms with Crippen LogP contribution in [-0.4, -0.2) is 6.10 Å². The van der Waals surface area contributed by atoms with Crippen molar-refractivity contribution in [1.29, 1.82) is 0 Å². The van der Waals surface area contributed by atoms with Crippen LogP contribution in [0.3, 0.4) is 0 Å². The molecule has 2 aromatic rings. The van der Waals surface area contributed by atoms with Crippen molar-refractivity contribution in [2.24, 2.45) is 0 Å². The maximum absolute atomic E-state index is 13.8. The van der Waals surface area contributed by atoms with Crippen molar-refractivity contribution in [2.75, 3.05) is 11.1 Å². The van der Waals surface area contributed by atoms with Crippen LogP contribution in [0.25, 0.3) is 0 Å². The summed E-state index contributed by atoms with van der Waals surface area (Å²) in [4.78, 5) is 0. The molecule has 20 heavy (non-hydrogen) atoms. The zero-order valence-electron chi connectivity index (χ0n) is 11.8. The molecule has 108 valence electrons. The zero-order chi connectivity index (χ0) is 14.7. The molecule has 1 atom stereocenters. The Morgan fingerprint density at radius 1 is 1.30 bits per heavy atom. The summed E-state index contributed by atoms with van der Waals surface area (Å²) in [6, 6.07) is 6.43. The Hall–Kier alpha value is -2.17. The molecule has 3 N–H and O–H groups in total. The summed E-state index contributed by atoms with van der Waals surface area (Å²) in [7, 11) is 0. The average Bonchev–Trinajstić information content (AvgIpc) is 2.88. The highest BCUT2D eigenvalue weighted by molar-refractivity contribution is 5.69. The first kappa shape index (κ1) is 14.2. The first-order valence-corrected chi connectivity index (χ1v) is 6.53. The normalized spacial score (nSPS) is 12.4. The number of nitrogens with two attached hydrogens (primary N) is 1. The van der Waals surface area contributed by atoms with E-state index in [0.29, 0.717) is 11.4 Å². The Bertz CT molecular complexity index is 568. The lowest BCUT2D eigenvalue weighted by Crippen LogP contribution is -2.11. The predicted molar refractivity (Wildman–Crippen MR) is 77.3 cm³/mol. The molecule has 1 unspecified atom stereocenters. The van der Waals surface area contributed by atoms with Gasteiger partial charge < -0.3 is 20.2 Å². The fourth-order valence-electron chi connectivity index (χ4n) is 1.88. The van der Waals surface area contributed by atoms with E-state index in [9.17, 15) is 4.39 Å². The van der Waals surface area contributed by atoms with Gasteiger partial charge in [0.25, 0.3) is 0 Å². The van der Waals surface area contributed by atoms with Crippen molar-refractivity contribution in [3.63, 3.8) is 0 Å². The second kappa shape index (κ2) is 5.86. The summed E-state index contributed by atoms with van der Waals surface area (Å²) in [5.41, 5.74) is 6.78. The van der Waals surface area contributed by atoms with Gasteiger partial charge in [-0.05, 0) is 32.9 Å². The van der Waals surface area contributed by atoms with Gasteiger partial charge in [-0.3, -0.25) is 0 Å². The number of furan rings is 1. The molecule has 1 aromatic heterocycles. The van der Waals surface area contributed by atoms with Crippen LogP contribution in [0.15, 0.2) is 34.9 Å². The largest absolute Gasteiger partial charge is 0.488 e. The lowest BCUT2D eigenvalue weighted by molar-refractivity contribution is 0.231. The quantitative estimate of drug-likeness (QED) is 0.813. The second-order valence-corrected chi connectivity index (χ2v) is 4.92. The Morgan fingerprint density at radius 2 is 2.05 bits per heavy atom. The number of halogens is 1. The third-order valence-corrected chi connectivity index (χ3v) is 2.81. The molecule has 0 amide bonds. The van der Waals surface area contributed by atoms with Gasteiger partial charge in [-0.15, -0.1) is 0 Å². The Kier molecular flexibility index (Phi) is 4.17. The summed E-state index contributed by atoms with van der Waals surface area (Å²) in [5, 5.41) is 3.19. The number of nitrogen functional groups attached to an aromatic ring is 1. The van der Waals surface area contributed by atoms with E-state index in [1.807, 2.05) is 32.9 Å². The number of benzene rings is 1. The summed E-state index contributed by atoms with van der Waals surface area (Å²) in [6.07, 6.45) is 1.50. The molecular formula is C15H19FN2O2. The molecule has 5 heteroatoms. The van der Waals surface area contributed by atoms with Crippen molar-refractivity contribution in [1.82, 2.24) is 0 Å². The smallest absolute Gasteiger partial charge is 0.167 e. The first-order valence-electron chi connectivity index (χ1n) is 6.53. The molecule has 0 fully saturated rings. The van der Waals surface area contributed by atoms with E-state index in [1.54, 1.807) is 12.3 Å². The number of nitrogens with one attached hydrogen (secondary N) is 1. The maximum atomic E-state index is 13.8. The first-order chi connectivity index (χ1) is 9.47. The van der Waals surface area contributed by atoms with Gasteiger partial charge in [-0.25, -0.2) is 4.39 Å². The molecule has 1 heterocycles. The summed E-state index contributed by atoms with van der Waals surface area (Å²) < 4.78 is 24.5. The van der Waals surface area contributed by atoms with Crippen LogP contribution in [0.2, 0.25) is 0 Å². The van der Waals surface area contributed by atoms with Crippen molar-refractivity contribution in [3.8, 4) is 5.75 Å². The molecule has 0 aliphatic rings. The van der Waals surface area contributed by atoms with Crippen LogP contribution in [0.5, 0.6) is 5.75 Å². The van der Waals surface area contributed by atoms with Crippen molar-refractivity contribution < 1.29 is 13.5 Å². The number of ether oxygens (including phenoxy) is 1. The van der Waals surface area contributed by atoms with E-state index >= 15 is 0 Å². The van der Waals surface area contributed by atoms with Crippen LogP contribution in [0.1, 0.15) is 32.6 Å². The highest BCUT2D eigenvalue weighted by Gasteiger charge is 2.14. The number of hydrogen-bond acceptors (Lipinski definition) is 4. The highest BCUT2D eigenvalue weighted by atomic mass is 19.1. The van der Waals surface area contributed by atoms with Gasteiger partial charge in [-0.1, -0.05) is 0 Å². The molecule has 2 rings (SSSR count). The second-order valence-electron chi connectivity index (χ2n) is 4.92. The number of anilines is 2. The van der Waals surface area contributed by atoms with Crippen LogP contribution < -0.4 is 15.8 Å². The van der Waals surface area contributed by atoms with Gasteiger partial charge in [0.2, 0.25) is 0 Å². The van der Waals surface area contributed by atoms with Crippen molar-refractivity contribution in [2.45, 2.75) is 32.9 Å². The SMILES string of the molecule is CC(C)Oc1cc(NC(C)c2ccco2)c(N)cc1F. The van der Waals surface area contributed by atoms with Crippen LogP contribution in [-0.2, 0) is 0 Å². The van der Waals surface area contributed by atoms with Crippen LogP contribution >= 0.6 is 0 Å². The van der Waals surface area contributed by atoms with E-state index in [-0.39, 0.29) is 17.9 Å². The van der Waals surface area contributed by atoms with E-state index in [1.165, 1.54) is 6.07 Å². The fraction of sp³-hybridized carbons (Fsp3) is 0.333. The minimum absolute atomic E-state index is 0.0790. The molecule has 0 aliphatic heterocycles. The average molecular weight is 278 g/mol. The van der Waals surface area contributed by atoms with Crippen molar-refractivity contribution in [3.05, 3.63) is 42.1 Å². The van der Waals surface area contributed by atoms with Gasteiger partial charge in [0.05, 0.1) is 29.8 Å². The Morgan fingerprint density at radius 3 is 2.65 bits per heavy atom. The zero-order valence-corrected chi connectivity index (χ0v) is 11.8. The van der Waals surface area contributed by atoms with Crippen LogP contribution in [0.4, 0.5) is 15.8 Å². The molecular weight excluding hydrogens is 259 g/mol. The molecule has 0 spiro atoms. The predicted octanol–water partition coefficient (Wildman–Crippen LogP) is 3.96. The van der Waals surface area contributed by atoms with Gasteiger partial charge in [0.1, 0.15) is 5.76 Å². The summed E-state index contributed by atoms with van der Waals surface area (Å²) >= 11 is 0. The van der Waals surface area contributed by atoms with Gasteiger partial charge in [-0.2, -0.15) is 0 Å². The van der Waals surface area contributed by atoms with E-state index in [0.717, 1.165) is 5.76 Å². The molecule has 0 saturated carbocycles. The standard InChI is InChI=1S/C15H19FN2O2/c1-9(2)20-15-8-13(12(17)7-11(15)16)18-10(3)14-5-4-6-19-14/h4-10,18H,17H2,1-3H3. The number of hydrogen-bond donors (Lipinski definition) is 2. The number of rotatable bonds is 5. The molecule has 0 bridgehead atoms. The topological polar surface area (TPSA) is 60.4 Å². The summed E-state index contributed by atoms with van der Waals surface area (Å²) in [6.45, 7) is 5.62. The highest BCUT2D eigenvalue weighted by Crippen LogP contribution is 2.31. The summed E-state index contributed by atoms with van der Waals surface area (Å²) in [5.74, 6) is 0.496. The lowest BCUT2D eigenvalue weighted by Gasteiger charge is -2.17. The minimum atomic E-state index is -0.465. The van der Waals surface area contributed by atoms with Gasteiger partial charge >= 0.3 is 0 Å². The molecule has 4 nitrogen and oxygen atoms in total. The third kappa shape index (κ3) is 3.23. The molecule has 0 saturated heterocycles. The Labute approximate surface area is 117 Å². The van der Waals surface area contributed by atoms with E-state index in [2.05, 4.69) is 5.32 Å². The monoisotopic (exact) mass is 278 g/mol. The maximum Gasteiger partial charge on any atom is 0.167 e. The van der Waals surface area contributed by atoms with Gasteiger partial charge in [0, 0.05) is 12.1 Å². The lowest BCUT2D eigenvalue weighted by atomic mass is 10.2. The van der Waals surface area contributed by atoms with E-state index < -0.39 is 5.82 Å². The minimum Gasteiger partial charge on any atom is -0.488 e. The fourth-order valence-corrected chi connectivity index (χ4v) is 1.88. The molecule has 0 radical (unpaired) electrons. The van der Waals surface area contributed by atoms with Gasteiger partial charge in [0.15, 0.2) is 11.6 Å². The Balaban J connectivity index is 2.22. The van der Waals surface area contributed by atoms with Crippen molar-refractivity contribution >= 4 is 11.4 Å². The van der Waals surface area contributed by atoms with E-state index in [4.69, 9.17) is 14.9 Å².